The molecule has 1 aromatic rings. The Morgan fingerprint density at radius 1 is 1.43 bits per heavy atom. The zero-order valence-corrected chi connectivity index (χ0v) is 13.9. The number of piperidine rings is 1. The highest BCUT2D eigenvalue weighted by molar-refractivity contribution is 7.99. The first-order valence-corrected chi connectivity index (χ1v) is 8.55. The fourth-order valence-corrected chi connectivity index (χ4v) is 3.62. The minimum absolute atomic E-state index is 0.0621. The molecule has 2 atom stereocenters. The van der Waals surface area contributed by atoms with Gasteiger partial charge in [0.15, 0.2) is 0 Å². The number of nitrogens with zero attached hydrogens (tertiary/aromatic N) is 1. The molecule has 0 unspecified atom stereocenters. The number of carbonyl (C=O) groups is 1. The molecule has 0 saturated carbocycles. The third-order valence-electron chi connectivity index (χ3n) is 3.41. The van der Waals surface area contributed by atoms with Gasteiger partial charge in [0.25, 0.3) is 0 Å². The zero-order chi connectivity index (χ0) is 15.3. The van der Waals surface area contributed by atoms with E-state index in [4.69, 9.17) is 0 Å². The Morgan fingerprint density at radius 2 is 2.14 bits per heavy atom. The summed E-state index contributed by atoms with van der Waals surface area (Å²) < 4.78 is 0. The van der Waals surface area contributed by atoms with E-state index in [1.165, 1.54) is 5.56 Å². The highest BCUT2D eigenvalue weighted by atomic mass is 32.2. The Kier molecular flexibility index (Phi) is 5.65. The molecule has 0 aromatic carbocycles. The van der Waals surface area contributed by atoms with Crippen LogP contribution >= 0.6 is 11.8 Å². The van der Waals surface area contributed by atoms with Gasteiger partial charge in [0, 0.05) is 28.9 Å². The van der Waals surface area contributed by atoms with Crippen LogP contribution in [0, 0.1) is 0 Å². The van der Waals surface area contributed by atoms with Crippen molar-refractivity contribution >= 4 is 17.7 Å². The molecule has 1 aromatic heterocycles. The number of pyridine rings is 1. The van der Waals surface area contributed by atoms with Gasteiger partial charge in [0.2, 0.25) is 5.91 Å². The first kappa shape index (κ1) is 16.3. The predicted octanol–water partition coefficient (Wildman–Crippen LogP) is 2.35. The Labute approximate surface area is 131 Å². The molecule has 1 saturated heterocycles. The Bertz CT molecular complexity index is 458. The molecule has 2 rings (SSSR count). The summed E-state index contributed by atoms with van der Waals surface area (Å²) in [6, 6.07) is 4.04. The van der Waals surface area contributed by atoms with E-state index < -0.39 is 0 Å². The van der Waals surface area contributed by atoms with Crippen molar-refractivity contribution in [3.63, 3.8) is 0 Å². The van der Waals surface area contributed by atoms with Crippen LogP contribution in [0.25, 0.3) is 0 Å². The second-order valence-electron chi connectivity index (χ2n) is 6.56. The SMILES string of the molecule is CC(C)(C)NC(=O)[C@@H]1C[C@H](SCc2ccncc2)CCN1. The highest BCUT2D eigenvalue weighted by Gasteiger charge is 2.28. The molecule has 1 amide bonds. The fraction of sp³-hybridized carbons (Fsp3) is 0.625. The second-order valence-corrected chi connectivity index (χ2v) is 7.85. The Hall–Kier alpha value is -1.07. The molecule has 5 heteroatoms. The van der Waals surface area contributed by atoms with E-state index in [1.807, 2.05) is 44.9 Å². The summed E-state index contributed by atoms with van der Waals surface area (Å²) in [5, 5.41) is 6.94. The van der Waals surface area contributed by atoms with Gasteiger partial charge in [0.05, 0.1) is 6.04 Å². The number of amides is 1. The molecule has 0 aliphatic carbocycles. The van der Waals surface area contributed by atoms with Crippen LogP contribution in [0.5, 0.6) is 0 Å². The minimum atomic E-state index is -0.171. The van der Waals surface area contributed by atoms with Crippen LogP contribution in [-0.4, -0.2) is 34.3 Å². The van der Waals surface area contributed by atoms with Crippen molar-refractivity contribution in [1.82, 2.24) is 15.6 Å². The smallest absolute Gasteiger partial charge is 0.237 e. The largest absolute Gasteiger partial charge is 0.350 e. The van der Waals surface area contributed by atoms with Crippen LogP contribution in [-0.2, 0) is 10.5 Å². The van der Waals surface area contributed by atoms with E-state index in [0.29, 0.717) is 5.25 Å². The standard InChI is InChI=1S/C16H25N3OS/c1-16(2,3)19-15(20)14-10-13(6-9-18-14)21-11-12-4-7-17-8-5-12/h4-5,7-8,13-14,18H,6,9-11H2,1-3H3,(H,19,20)/t13-,14+/m1/s1. The maximum absolute atomic E-state index is 12.2. The van der Waals surface area contributed by atoms with Gasteiger partial charge in [-0.25, -0.2) is 0 Å². The van der Waals surface area contributed by atoms with Gasteiger partial charge < -0.3 is 10.6 Å². The molecule has 4 nitrogen and oxygen atoms in total. The van der Waals surface area contributed by atoms with Gasteiger partial charge in [-0.15, -0.1) is 0 Å². The van der Waals surface area contributed by atoms with E-state index in [2.05, 4.69) is 27.8 Å². The van der Waals surface area contributed by atoms with E-state index in [9.17, 15) is 4.79 Å². The molecule has 21 heavy (non-hydrogen) atoms. The molecule has 2 N–H and O–H groups in total. The van der Waals surface area contributed by atoms with Crippen molar-refractivity contribution < 1.29 is 4.79 Å². The first-order valence-electron chi connectivity index (χ1n) is 7.50. The van der Waals surface area contributed by atoms with Crippen LogP contribution in [0.15, 0.2) is 24.5 Å². The first-order chi connectivity index (χ1) is 9.94. The number of hydrogen-bond donors (Lipinski definition) is 2. The lowest BCUT2D eigenvalue weighted by Crippen LogP contribution is -2.53. The molecule has 1 aliphatic heterocycles. The average Bonchev–Trinajstić information content (AvgIpc) is 2.45. The van der Waals surface area contributed by atoms with E-state index in [0.717, 1.165) is 25.1 Å². The van der Waals surface area contributed by atoms with Crippen molar-refractivity contribution in [2.24, 2.45) is 0 Å². The topological polar surface area (TPSA) is 54.0 Å². The lowest BCUT2D eigenvalue weighted by atomic mass is 10.0. The van der Waals surface area contributed by atoms with E-state index in [-0.39, 0.29) is 17.5 Å². The van der Waals surface area contributed by atoms with Gasteiger partial charge in [-0.3, -0.25) is 9.78 Å². The monoisotopic (exact) mass is 307 g/mol. The van der Waals surface area contributed by atoms with Crippen molar-refractivity contribution in [1.29, 1.82) is 0 Å². The lowest BCUT2D eigenvalue weighted by molar-refractivity contribution is -0.125. The lowest BCUT2D eigenvalue weighted by Gasteiger charge is -2.31. The normalized spacial score (nSPS) is 22.8. The molecule has 0 bridgehead atoms. The second kappa shape index (κ2) is 7.27. The van der Waals surface area contributed by atoms with Gasteiger partial charge in [-0.1, -0.05) is 0 Å². The summed E-state index contributed by atoms with van der Waals surface area (Å²) >= 11 is 1.94. The molecule has 0 spiro atoms. The van der Waals surface area contributed by atoms with Gasteiger partial charge in [0.1, 0.15) is 0 Å². The van der Waals surface area contributed by atoms with Crippen molar-refractivity contribution in [2.75, 3.05) is 6.54 Å². The Balaban J connectivity index is 1.82. The summed E-state index contributed by atoms with van der Waals surface area (Å²) in [6.07, 6.45) is 5.68. The summed E-state index contributed by atoms with van der Waals surface area (Å²) in [5.74, 6) is 1.11. The highest BCUT2D eigenvalue weighted by Crippen LogP contribution is 2.26. The molecule has 2 heterocycles. The van der Waals surface area contributed by atoms with Crippen LogP contribution < -0.4 is 10.6 Å². The van der Waals surface area contributed by atoms with Gasteiger partial charge in [-0.05, 0) is 57.9 Å². The summed E-state index contributed by atoms with van der Waals surface area (Å²) in [6.45, 7) is 6.96. The van der Waals surface area contributed by atoms with E-state index in [1.54, 1.807) is 0 Å². The zero-order valence-electron chi connectivity index (χ0n) is 13.1. The van der Waals surface area contributed by atoms with Crippen molar-refractivity contribution in [3.8, 4) is 0 Å². The quantitative estimate of drug-likeness (QED) is 0.896. The van der Waals surface area contributed by atoms with Crippen molar-refractivity contribution in [3.05, 3.63) is 30.1 Å². The number of nitrogens with one attached hydrogen (secondary N) is 2. The minimum Gasteiger partial charge on any atom is -0.350 e. The predicted molar refractivity (Wildman–Crippen MR) is 88.2 cm³/mol. The number of rotatable bonds is 4. The molecular formula is C16H25N3OS. The summed E-state index contributed by atoms with van der Waals surface area (Å²) in [5.41, 5.74) is 1.12. The Morgan fingerprint density at radius 3 is 2.81 bits per heavy atom. The maximum atomic E-state index is 12.2. The van der Waals surface area contributed by atoms with Gasteiger partial charge in [-0.2, -0.15) is 11.8 Å². The third-order valence-corrected chi connectivity index (χ3v) is 4.80. The molecule has 1 fully saturated rings. The van der Waals surface area contributed by atoms with Crippen molar-refractivity contribution in [2.45, 2.75) is 56.2 Å². The van der Waals surface area contributed by atoms with Crippen LogP contribution in [0.3, 0.4) is 0 Å². The number of carbonyl (C=O) groups excluding carboxylic acids is 1. The number of aromatic nitrogens is 1. The average molecular weight is 307 g/mol. The molecule has 1 aliphatic rings. The maximum Gasteiger partial charge on any atom is 0.237 e. The van der Waals surface area contributed by atoms with Gasteiger partial charge >= 0.3 is 0 Å². The van der Waals surface area contributed by atoms with Crippen LogP contribution in [0.2, 0.25) is 0 Å². The third kappa shape index (κ3) is 5.67. The summed E-state index contributed by atoms with van der Waals surface area (Å²) in [4.78, 5) is 16.3. The number of thioether (sulfide) groups is 1. The molecular weight excluding hydrogens is 282 g/mol. The van der Waals surface area contributed by atoms with E-state index >= 15 is 0 Å². The van der Waals surface area contributed by atoms with Crippen LogP contribution in [0.4, 0.5) is 0 Å². The molecule has 0 radical (unpaired) electrons. The molecule has 116 valence electrons. The fourth-order valence-electron chi connectivity index (χ4n) is 2.38. The van der Waals surface area contributed by atoms with Crippen LogP contribution in [0.1, 0.15) is 39.2 Å². The number of hydrogen-bond acceptors (Lipinski definition) is 4. The summed E-state index contributed by atoms with van der Waals surface area (Å²) in [7, 11) is 0.